The molecule has 0 saturated heterocycles. The van der Waals surface area contributed by atoms with Gasteiger partial charge in [-0.15, -0.1) is 24.0 Å². The molecule has 0 radical (unpaired) electrons. The van der Waals surface area contributed by atoms with E-state index in [0.717, 1.165) is 5.69 Å². The number of anilines is 1. The topological polar surface area (TPSA) is 104 Å². The zero-order valence-corrected chi connectivity index (χ0v) is 19.7. The van der Waals surface area contributed by atoms with E-state index in [4.69, 9.17) is 4.74 Å². The summed E-state index contributed by atoms with van der Waals surface area (Å²) in [4.78, 5) is 28.0. The standard InChI is InChI=1S/C19H31N5O3.HI/c1-18(2,3)27-17(26)24-19(4,5)13-22-16(20-6)21-12-15(25)23-14-10-8-7-9-11-14;/h7-11H,12-13H2,1-6H3,(H,23,25)(H,24,26)(H2,20,21,22);1H. The van der Waals surface area contributed by atoms with Gasteiger partial charge in [0.1, 0.15) is 5.60 Å². The summed E-state index contributed by atoms with van der Waals surface area (Å²) in [5.74, 6) is 0.271. The largest absolute Gasteiger partial charge is 0.444 e. The number of carbonyl (C=O) groups is 2. The van der Waals surface area contributed by atoms with Crippen LogP contribution in [0.1, 0.15) is 34.6 Å². The number of nitrogens with zero attached hydrogens (tertiary/aromatic N) is 1. The van der Waals surface area contributed by atoms with Gasteiger partial charge in [-0.2, -0.15) is 0 Å². The summed E-state index contributed by atoms with van der Waals surface area (Å²) in [5.41, 5.74) is -0.404. The van der Waals surface area contributed by atoms with Crippen LogP contribution in [0.15, 0.2) is 35.3 Å². The quantitative estimate of drug-likeness (QED) is 0.271. The van der Waals surface area contributed by atoms with E-state index in [-0.39, 0.29) is 36.4 Å². The van der Waals surface area contributed by atoms with Gasteiger partial charge in [0.15, 0.2) is 5.96 Å². The first-order chi connectivity index (χ1) is 12.5. The van der Waals surface area contributed by atoms with Gasteiger partial charge in [0.05, 0.1) is 12.1 Å². The van der Waals surface area contributed by atoms with Crippen LogP contribution in [0.25, 0.3) is 0 Å². The first kappa shape index (κ1) is 26.0. The molecule has 0 unspecified atom stereocenters. The predicted molar refractivity (Wildman–Crippen MR) is 123 cm³/mol. The Morgan fingerprint density at radius 1 is 1.04 bits per heavy atom. The molecular formula is C19H32IN5O3. The summed E-state index contributed by atoms with van der Waals surface area (Å²) in [6, 6.07) is 9.21. The molecule has 2 amide bonds. The van der Waals surface area contributed by atoms with Crippen LogP contribution >= 0.6 is 24.0 Å². The van der Waals surface area contributed by atoms with E-state index in [1.807, 2.05) is 65.0 Å². The Hall–Kier alpha value is -2.04. The highest BCUT2D eigenvalue weighted by molar-refractivity contribution is 14.0. The average molecular weight is 505 g/mol. The Kier molecular flexibility index (Phi) is 10.9. The number of benzene rings is 1. The molecule has 1 aromatic rings. The van der Waals surface area contributed by atoms with Crippen molar-refractivity contribution in [3.8, 4) is 0 Å². The average Bonchev–Trinajstić information content (AvgIpc) is 2.53. The number of halogens is 1. The zero-order valence-electron chi connectivity index (χ0n) is 17.4. The molecule has 0 saturated carbocycles. The van der Waals surface area contributed by atoms with Gasteiger partial charge >= 0.3 is 6.09 Å². The molecule has 0 atom stereocenters. The maximum absolute atomic E-state index is 12.0. The number of rotatable bonds is 6. The lowest BCUT2D eigenvalue weighted by Crippen LogP contribution is -2.54. The van der Waals surface area contributed by atoms with Crippen molar-refractivity contribution in [1.29, 1.82) is 0 Å². The van der Waals surface area contributed by atoms with Crippen LogP contribution in [0.2, 0.25) is 0 Å². The molecule has 0 fully saturated rings. The van der Waals surface area contributed by atoms with Gasteiger partial charge in [0, 0.05) is 19.3 Å². The van der Waals surface area contributed by atoms with Crippen molar-refractivity contribution < 1.29 is 14.3 Å². The molecule has 9 heteroatoms. The molecule has 8 nitrogen and oxygen atoms in total. The number of amides is 2. The normalized spacial score (nSPS) is 11.7. The van der Waals surface area contributed by atoms with Gasteiger partial charge in [0.25, 0.3) is 0 Å². The van der Waals surface area contributed by atoms with Gasteiger partial charge < -0.3 is 26.0 Å². The van der Waals surface area contributed by atoms with Crippen molar-refractivity contribution in [2.24, 2.45) is 4.99 Å². The van der Waals surface area contributed by atoms with Crippen LogP contribution in [-0.2, 0) is 9.53 Å². The van der Waals surface area contributed by atoms with E-state index in [1.165, 1.54) is 0 Å². The third-order valence-corrected chi connectivity index (χ3v) is 3.23. The molecule has 0 aliphatic heterocycles. The highest BCUT2D eigenvalue weighted by atomic mass is 127. The molecule has 28 heavy (non-hydrogen) atoms. The molecule has 1 rings (SSSR count). The minimum Gasteiger partial charge on any atom is -0.444 e. The monoisotopic (exact) mass is 505 g/mol. The summed E-state index contributed by atoms with van der Waals surface area (Å²) in [6.45, 7) is 9.61. The minimum atomic E-state index is -0.577. The molecular weight excluding hydrogens is 473 g/mol. The van der Waals surface area contributed by atoms with E-state index in [1.54, 1.807) is 7.05 Å². The van der Waals surface area contributed by atoms with E-state index in [9.17, 15) is 9.59 Å². The molecule has 0 aromatic heterocycles. The highest BCUT2D eigenvalue weighted by Gasteiger charge is 2.24. The summed E-state index contributed by atoms with van der Waals surface area (Å²) in [6.07, 6.45) is -0.487. The number of hydrogen-bond acceptors (Lipinski definition) is 4. The third kappa shape index (κ3) is 11.6. The van der Waals surface area contributed by atoms with Crippen molar-refractivity contribution in [1.82, 2.24) is 16.0 Å². The van der Waals surface area contributed by atoms with Crippen molar-refractivity contribution >= 4 is 47.6 Å². The third-order valence-electron chi connectivity index (χ3n) is 3.23. The number of carbonyl (C=O) groups excluding carboxylic acids is 2. The zero-order chi connectivity index (χ0) is 20.5. The second-order valence-corrected chi connectivity index (χ2v) is 7.70. The number of alkyl carbamates (subject to hydrolysis) is 1. The first-order valence-electron chi connectivity index (χ1n) is 8.81. The molecule has 1 aromatic carbocycles. The van der Waals surface area contributed by atoms with Gasteiger partial charge in [-0.25, -0.2) is 4.79 Å². The maximum Gasteiger partial charge on any atom is 0.408 e. The Balaban J connectivity index is 0.00000729. The van der Waals surface area contributed by atoms with Crippen LogP contribution < -0.4 is 21.3 Å². The summed E-state index contributed by atoms with van der Waals surface area (Å²) < 4.78 is 5.27. The Bertz CT molecular complexity index is 657. The fourth-order valence-electron chi connectivity index (χ4n) is 2.04. The highest BCUT2D eigenvalue weighted by Crippen LogP contribution is 2.09. The fourth-order valence-corrected chi connectivity index (χ4v) is 2.04. The van der Waals surface area contributed by atoms with Crippen molar-refractivity contribution in [3.05, 3.63) is 30.3 Å². The van der Waals surface area contributed by atoms with Gasteiger partial charge in [-0.05, 0) is 46.8 Å². The molecule has 0 bridgehead atoms. The van der Waals surface area contributed by atoms with Crippen LogP contribution in [0.3, 0.4) is 0 Å². The number of hydrogen-bond donors (Lipinski definition) is 4. The lowest BCUT2D eigenvalue weighted by Gasteiger charge is -2.29. The SMILES string of the molecule is CN=C(NCC(=O)Nc1ccccc1)NCC(C)(C)NC(=O)OC(C)(C)C.I. The molecule has 0 spiro atoms. The maximum atomic E-state index is 12.0. The van der Waals surface area contributed by atoms with Crippen LogP contribution in [0.4, 0.5) is 10.5 Å². The van der Waals surface area contributed by atoms with Gasteiger partial charge in [-0.1, -0.05) is 18.2 Å². The summed E-state index contributed by atoms with van der Waals surface area (Å²) in [7, 11) is 1.61. The number of guanidine groups is 1. The van der Waals surface area contributed by atoms with E-state index in [0.29, 0.717) is 12.5 Å². The van der Waals surface area contributed by atoms with E-state index in [2.05, 4.69) is 26.3 Å². The number of para-hydroxylation sites is 1. The van der Waals surface area contributed by atoms with Gasteiger partial charge in [0.2, 0.25) is 5.91 Å². The number of ether oxygens (including phenoxy) is 1. The minimum absolute atomic E-state index is 0. The van der Waals surface area contributed by atoms with Crippen molar-refractivity contribution in [2.45, 2.75) is 45.8 Å². The number of nitrogens with one attached hydrogen (secondary N) is 4. The second kappa shape index (κ2) is 11.7. The van der Waals surface area contributed by atoms with Crippen LogP contribution in [-0.4, -0.2) is 49.2 Å². The first-order valence-corrected chi connectivity index (χ1v) is 8.81. The lowest BCUT2D eigenvalue weighted by molar-refractivity contribution is -0.115. The second-order valence-electron chi connectivity index (χ2n) is 7.70. The summed E-state index contributed by atoms with van der Waals surface area (Å²) >= 11 is 0. The van der Waals surface area contributed by atoms with Crippen LogP contribution in [0.5, 0.6) is 0 Å². The predicted octanol–water partition coefficient (Wildman–Crippen LogP) is 2.71. The Morgan fingerprint density at radius 2 is 1.64 bits per heavy atom. The van der Waals surface area contributed by atoms with Crippen LogP contribution in [0, 0.1) is 0 Å². The smallest absolute Gasteiger partial charge is 0.408 e. The fraction of sp³-hybridized carbons (Fsp3) is 0.526. The molecule has 0 aliphatic carbocycles. The Labute approximate surface area is 184 Å². The summed E-state index contributed by atoms with van der Waals surface area (Å²) in [5, 5.41) is 11.6. The van der Waals surface area contributed by atoms with E-state index >= 15 is 0 Å². The lowest BCUT2D eigenvalue weighted by atomic mass is 10.1. The van der Waals surface area contributed by atoms with Crippen molar-refractivity contribution in [3.63, 3.8) is 0 Å². The Morgan fingerprint density at radius 3 is 2.18 bits per heavy atom. The van der Waals surface area contributed by atoms with Crippen molar-refractivity contribution in [2.75, 3.05) is 25.5 Å². The molecule has 158 valence electrons. The molecule has 0 heterocycles. The number of aliphatic imine (C=N–C) groups is 1. The molecule has 0 aliphatic rings. The van der Waals surface area contributed by atoms with E-state index < -0.39 is 17.2 Å². The molecule has 4 N–H and O–H groups in total. The van der Waals surface area contributed by atoms with Gasteiger partial charge in [-0.3, -0.25) is 9.79 Å².